The van der Waals surface area contributed by atoms with Crippen molar-refractivity contribution >= 4 is 11.8 Å². The molecular formula is C14H21NS. The van der Waals surface area contributed by atoms with E-state index in [1.165, 1.54) is 29.8 Å². The second-order valence-electron chi connectivity index (χ2n) is 4.90. The molecule has 1 aliphatic rings. The topological polar surface area (TPSA) is 3.24 Å². The molecule has 16 heavy (non-hydrogen) atoms. The van der Waals surface area contributed by atoms with Gasteiger partial charge < -0.3 is 0 Å². The van der Waals surface area contributed by atoms with Crippen LogP contribution in [0.4, 0.5) is 0 Å². The van der Waals surface area contributed by atoms with E-state index in [2.05, 4.69) is 49.4 Å². The first-order valence-electron chi connectivity index (χ1n) is 6.05. The van der Waals surface area contributed by atoms with E-state index in [9.17, 15) is 0 Å². The van der Waals surface area contributed by atoms with Gasteiger partial charge in [-0.25, -0.2) is 0 Å². The van der Waals surface area contributed by atoms with Crippen LogP contribution in [0.15, 0.2) is 29.2 Å². The molecule has 0 saturated carbocycles. The lowest BCUT2D eigenvalue weighted by atomic mass is 9.89. The molecule has 2 heteroatoms. The van der Waals surface area contributed by atoms with Crippen LogP contribution < -0.4 is 0 Å². The van der Waals surface area contributed by atoms with E-state index < -0.39 is 0 Å². The van der Waals surface area contributed by atoms with E-state index in [0.29, 0.717) is 6.04 Å². The largest absolute Gasteiger partial charge is 0.299 e. The minimum absolute atomic E-state index is 0.625. The lowest BCUT2D eigenvalue weighted by molar-refractivity contribution is 0.150. The van der Waals surface area contributed by atoms with Gasteiger partial charge in [0.1, 0.15) is 0 Å². The average Bonchev–Trinajstić information content (AvgIpc) is 2.32. The van der Waals surface area contributed by atoms with Crippen molar-refractivity contribution in [2.45, 2.75) is 30.7 Å². The molecule has 1 fully saturated rings. The molecule has 0 aromatic heterocycles. The standard InChI is InChI=1S/C14H21NS/c1-11-8-9-15(2)14(10-11)12-4-6-13(16-3)7-5-12/h4-7,11,14H,8-10H2,1-3H3/t11-,14?/m1/s1. The predicted octanol–water partition coefficient (Wildman–Crippen LogP) is 3.81. The quantitative estimate of drug-likeness (QED) is 0.717. The number of hydrogen-bond acceptors (Lipinski definition) is 2. The molecule has 1 heterocycles. The van der Waals surface area contributed by atoms with Gasteiger partial charge in [-0.3, -0.25) is 4.90 Å². The average molecular weight is 235 g/mol. The summed E-state index contributed by atoms with van der Waals surface area (Å²) in [6.07, 6.45) is 4.77. The molecule has 0 N–H and O–H groups in total. The first-order valence-corrected chi connectivity index (χ1v) is 7.27. The molecule has 1 aliphatic heterocycles. The fourth-order valence-corrected chi connectivity index (χ4v) is 2.88. The summed E-state index contributed by atoms with van der Waals surface area (Å²) in [5, 5.41) is 0. The highest BCUT2D eigenvalue weighted by Gasteiger charge is 2.24. The van der Waals surface area contributed by atoms with Crippen molar-refractivity contribution in [2.24, 2.45) is 5.92 Å². The van der Waals surface area contributed by atoms with Crippen LogP contribution >= 0.6 is 11.8 Å². The van der Waals surface area contributed by atoms with Gasteiger partial charge in [-0.15, -0.1) is 11.8 Å². The van der Waals surface area contributed by atoms with Crippen LogP contribution in [0, 0.1) is 5.92 Å². The molecule has 1 nitrogen and oxygen atoms in total. The van der Waals surface area contributed by atoms with Crippen LogP contribution in [-0.2, 0) is 0 Å². The van der Waals surface area contributed by atoms with Gasteiger partial charge in [0.2, 0.25) is 0 Å². The van der Waals surface area contributed by atoms with Crippen molar-refractivity contribution in [1.82, 2.24) is 4.90 Å². The second-order valence-corrected chi connectivity index (χ2v) is 5.78. The van der Waals surface area contributed by atoms with Crippen molar-refractivity contribution in [3.8, 4) is 0 Å². The minimum Gasteiger partial charge on any atom is -0.299 e. The van der Waals surface area contributed by atoms with Crippen molar-refractivity contribution < 1.29 is 0 Å². The summed E-state index contributed by atoms with van der Waals surface area (Å²) in [4.78, 5) is 3.85. The third-order valence-corrected chi connectivity index (χ3v) is 4.38. The Kier molecular flexibility index (Phi) is 3.93. The zero-order valence-corrected chi connectivity index (χ0v) is 11.3. The molecule has 0 aliphatic carbocycles. The van der Waals surface area contributed by atoms with E-state index in [1.807, 2.05) is 11.8 Å². The van der Waals surface area contributed by atoms with E-state index in [0.717, 1.165) is 5.92 Å². The number of piperidine rings is 1. The van der Waals surface area contributed by atoms with Gasteiger partial charge in [0.05, 0.1) is 0 Å². The number of benzene rings is 1. The maximum absolute atomic E-state index is 2.49. The predicted molar refractivity (Wildman–Crippen MR) is 72.0 cm³/mol. The fourth-order valence-electron chi connectivity index (χ4n) is 2.48. The Bertz CT molecular complexity index is 333. The summed E-state index contributed by atoms with van der Waals surface area (Å²) < 4.78 is 0. The maximum Gasteiger partial charge on any atom is 0.0347 e. The van der Waals surface area contributed by atoms with Crippen molar-refractivity contribution in [3.63, 3.8) is 0 Å². The normalized spacial score (nSPS) is 26.9. The molecule has 0 spiro atoms. The number of nitrogens with zero attached hydrogens (tertiary/aromatic N) is 1. The molecule has 1 saturated heterocycles. The first-order chi connectivity index (χ1) is 7.70. The van der Waals surface area contributed by atoms with Crippen LogP contribution in [0.5, 0.6) is 0 Å². The summed E-state index contributed by atoms with van der Waals surface area (Å²) in [6.45, 7) is 3.60. The van der Waals surface area contributed by atoms with Crippen LogP contribution in [0.25, 0.3) is 0 Å². The summed E-state index contributed by atoms with van der Waals surface area (Å²) in [6, 6.07) is 9.70. The Hall–Kier alpha value is -0.470. The first kappa shape index (κ1) is 12.0. The smallest absolute Gasteiger partial charge is 0.0347 e. The van der Waals surface area contributed by atoms with Gasteiger partial charge in [0.25, 0.3) is 0 Å². The van der Waals surface area contributed by atoms with Gasteiger partial charge in [-0.2, -0.15) is 0 Å². The van der Waals surface area contributed by atoms with Gasteiger partial charge >= 0.3 is 0 Å². The van der Waals surface area contributed by atoms with Crippen LogP contribution in [0.2, 0.25) is 0 Å². The van der Waals surface area contributed by atoms with E-state index >= 15 is 0 Å². The molecule has 0 amide bonds. The molecule has 0 bridgehead atoms. The summed E-state index contributed by atoms with van der Waals surface area (Å²) >= 11 is 1.81. The molecule has 1 aromatic carbocycles. The third-order valence-electron chi connectivity index (χ3n) is 3.63. The van der Waals surface area contributed by atoms with Gasteiger partial charge in [0.15, 0.2) is 0 Å². The van der Waals surface area contributed by atoms with Crippen LogP contribution in [0.1, 0.15) is 31.4 Å². The van der Waals surface area contributed by atoms with Gasteiger partial charge in [-0.05, 0) is 56.3 Å². The minimum atomic E-state index is 0.625. The number of thioether (sulfide) groups is 1. The number of likely N-dealkylation sites (tertiary alicyclic amines) is 1. The lowest BCUT2D eigenvalue weighted by Crippen LogP contribution is -2.32. The van der Waals surface area contributed by atoms with E-state index in [4.69, 9.17) is 0 Å². The Morgan fingerprint density at radius 1 is 1.25 bits per heavy atom. The van der Waals surface area contributed by atoms with Crippen molar-refractivity contribution in [1.29, 1.82) is 0 Å². The zero-order chi connectivity index (χ0) is 11.5. The Morgan fingerprint density at radius 3 is 2.56 bits per heavy atom. The third kappa shape index (κ3) is 2.61. The lowest BCUT2D eigenvalue weighted by Gasteiger charge is -2.36. The highest BCUT2D eigenvalue weighted by Crippen LogP contribution is 2.33. The van der Waals surface area contributed by atoms with Crippen molar-refractivity contribution in [2.75, 3.05) is 19.8 Å². The molecule has 1 unspecified atom stereocenters. The van der Waals surface area contributed by atoms with Crippen LogP contribution in [0.3, 0.4) is 0 Å². The van der Waals surface area contributed by atoms with E-state index in [1.54, 1.807) is 0 Å². The maximum atomic E-state index is 2.49. The van der Waals surface area contributed by atoms with Crippen LogP contribution in [-0.4, -0.2) is 24.7 Å². The molecule has 0 radical (unpaired) electrons. The Balaban J connectivity index is 2.15. The second kappa shape index (κ2) is 5.24. The van der Waals surface area contributed by atoms with Gasteiger partial charge in [0, 0.05) is 10.9 Å². The fraction of sp³-hybridized carbons (Fsp3) is 0.571. The molecule has 2 atom stereocenters. The Morgan fingerprint density at radius 2 is 1.94 bits per heavy atom. The number of hydrogen-bond donors (Lipinski definition) is 0. The molecule has 2 rings (SSSR count). The SMILES string of the molecule is CSc1ccc(C2C[C@H](C)CCN2C)cc1. The summed E-state index contributed by atoms with van der Waals surface area (Å²) in [7, 11) is 2.25. The molecular weight excluding hydrogens is 214 g/mol. The summed E-state index contributed by atoms with van der Waals surface area (Å²) in [5.74, 6) is 0.862. The van der Waals surface area contributed by atoms with Gasteiger partial charge in [-0.1, -0.05) is 19.1 Å². The summed E-state index contributed by atoms with van der Waals surface area (Å²) in [5.41, 5.74) is 1.48. The van der Waals surface area contributed by atoms with Crippen molar-refractivity contribution in [3.05, 3.63) is 29.8 Å². The molecule has 88 valence electrons. The zero-order valence-electron chi connectivity index (χ0n) is 10.4. The van der Waals surface area contributed by atoms with E-state index in [-0.39, 0.29) is 0 Å². The number of rotatable bonds is 2. The Labute approximate surface area is 103 Å². The highest BCUT2D eigenvalue weighted by atomic mass is 32.2. The monoisotopic (exact) mass is 235 g/mol. The highest BCUT2D eigenvalue weighted by molar-refractivity contribution is 7.98. The molecule has 1 aromatic rings.